The van der Waals surface area contributed by atoms with E-state index in [9.17, 15) is 0 Å². The second kappa shape index (κ2) is 3.57. The van der Waals surface area contributed by atoms with Crippen LogP contribution >= 0.6 is 23.5 Å². The monoisotopic (exact) mass is 160 g/mol. The quantitative estimate of drug-likeness (QED) is 0.607. The minimum atomic E-state index is 0.819. The second-order valence-electron chi connectivity index (χ2n) is 2.03. The average molecular weight is 160 g/mol. The van der Waals surface area contributed by atoms with Gasteiger partial charge in [-0.15, -0.1) is 23.5 Å². The molecule has 1 aliphatic rings. The molecule has 2 heteroatoms. The molecular formula is C7H12S2. The first-order valence-corrected chi connectivity index (χ1v) is 5.20. The van der Waals surface area contributed by atoms with Crippen LogP contribution in [-0.2, 0) is 0 Å². The fourth-order valence-electron chi connectivity index (χ4n) is 0.722. The van der Waals surface area contributed by atoms with Gasteiger partial charge in [0.2, 0.25) is 0 Å². The molecule has 1 heterocycles. The van der Waals surface area contributed by atoms with Crippen molar-refractivity contribution in [3.05, 3.63) is 10.3 Å². The zero-order chi connectivity index (χ0) is 6.69. The van der Waals surface area contributed by atoms with Crippen molar-refractivity contribution in [2.75, 3.05) is 0 Å². The SMILES string of the molecule is CCC1=CSC(CC)S1. The molecule has 1 atom stereocenters. The molecule has 0 radical (unpaired) electrons. The first kappa shape index (κ1) is 7.55. The highest BCUT2D eigenvalue weighted by Gasteiger charge is 2.14. The molecule has 1 unspecified atom stereocenters. The van der Waals surface area contributed by atoms with Gasteiger partial charge in [-0.1, -0.05) is 13.8 Å². The number of allylic oxidation sites excluding steroid dienone is 1. The van der Waals surface area contributed by atoms with Gasteiger partial charge in [-0.3, -0.25) is 0 Å². The molecule has 0 aromatic heterocycles. The first-order chi connectivity index (χ1) is 4.36. The lowest BCUT2D eigenvalue weighted by Gasteiger charge is -2.02. The molecule has 52 valence electrons. The van der Waals surface area contributed by atoms with Crippen LogP contribution in [0, 0.1) is 0 Å². The van der Waals surface area contributed by atoms with Crippen molar-refractivity contribution in [2.24, 2.45) is 0 Å². The van der Waals surface area contributed by atoms with Gasteiger partial charge in [0, 0.05) is 0 Å². The molecule has 9 heavy (non-hydrogen) atoms. The second-order valence-corrected chi connectivity index (χ2v) is 4.73. The maximum absolute atomic E-state index is 2.30. The summed E-state index contributed by atoms with van der Waals surface area (Å²) in [5.41, 5.74) is 0. The zero-order valence-corrected chi connectivity index (χ0v) is 7.52. The van der Waals surface area contributed by atoms with E-state index in [1.54, 1.807) is 4.91 Å². The fraction of sp³-hybridized carbons (Fsp3) is 0.714. The molecule has 0 aromatic carbocycles. The third kappa shape index (κ3) is 1.94. The van der Waals surface area contributed by atoms with E-state index < -0.39 is 0 Å². The van der Waals surface area contributed by atoms with Crippen LogP contribution in [0.5, 0.6) is 0 Å². The summed E-state index contributed by atoms with van der Waals surface area (Å²) in [4.78, 5) is 1.56. The van der Waals surface area contributed by atoms with Crippen LogP contribution < -0.4 is 0 Å². The van der Waals surface area contributed by atoms with Gasteiger partial charge in [0.15, 0.2) is 0 Å². The van der Waals surface area contributed by atoms with Crippen molar-refractivity contribution in [1.29, 1.82) is 0 Å². The lowest BCUT2D eigenvalue weighted by atomic mass is 10.5. The van der Waals surface area contributed by atoms with E-state index >= 15 is 0 Å². The molecule has 0 saturated heterocycles. The predicted octanol–water partition coefficient (Wildman–Crippen LogP) is 3.45. The predicted molar refractivity (Wildman–Crippen MR) is 47.6 cm³/mol. The van der Waals surface area contributed by atoms with Crippen molar-refractivity contribution in [2.45, 2.75) is 31.3 Å². The molecule has 0 N–H and O–H groups in total. The van der Waals surface area contributed by atoms with Crippen molar-refractivity contribution >= 4 is 23.5 Å². The Morgan fingerprint density at radius 3 is 2.67 bits per heavy atom. The summed E-state index contributed by atoms with van der Waals surface area (Å²) < 4.78 is 0.819. The molecule has 0 spiro atoms. The molecule has 0 amide bonds. The van der Waals surface area contributed by atoms with Crippen LogP contribution in [0.25, 0.3) is 0 Å². The van der Waals surface area contributed by atoms with Gasteiger partial charge >= 0.3 is 0 Å². The Hall–Kier alpha value is 0.440. The zero-order valence-electron chi connectivity index (χ0n) is 5.89. The van der Waals surface area contributed by atoms with Gasteiger partial charge in [-0.25, -0.2) is 0 Å². The van der Waals surface area contributed by atoms with Gasteiger partial charge < -0.3 is 0 Å². The minimum absolute atomic E-state index is 0.819. The Kier molecular flexibility index (Phi) is 2.99. The van der Waals surface area contributed by atoms with Crippen LogP contribution in [-0.4, -0.2) is 4.58 Å². The van der Waals surface area contributed by atoms with E-state index in [-0.39, 0.29) is 0 Å². The van der Waals surface area contributed by atoms with E-state index in [1.807, 2.05) is 23.5 Å². The third-order valence-corrected chi connectivity index (χ3v) is 4.45. The topological polar surface area (TPSA) is 0 Å². The van der Waals surface area contributed by atoms with Crippen LogP contribution in [0.3, 0.4) is 0 Å². The summed E-state index contributed by atoms with van der Waals surface area (Å²) in [6.45, 7) is 4.47. The Morgan fingerprint density at radius 1 is 1.56 bits per heavy atom. The van der Waals surface area contributed by atoms with Gasteiger partial charge in [-0.2, -0.15) is 0 Å². The average Bonchev–Trinajstić information content (AvgIpc) is 2.34. The van der Waals surface area contributed by atoms with E-state index in [1.165, 1.54) is 12.8 Å². The third-order valence-electron chi connectivity index (χ3n) is 1.32. The summed E-state index contributed by atoms with van der Waals surface area (Å²) in [5, 5.41) is 2.30. The summed E-state index contributed by atoms with van der Waals surface area (Å²) in [5.74, 6) is 0. The summed E-state index contributed by atoms with van der Waals surface area (Å²) in [6.07, 6.45) is 2.50. The lowest BCUT2D eigenvalue weighted by molar-refractivity contribution is 1.06. The molecule has 0 bridgehead atoms. The summed E-state index contributed by atoms with van der Waals surface area (Å²) in [6, 6.07) is 0. The highest BCUT2D eigenvalue weighted by molar-refractivity contribution is 8.23. The largest absolute Gasteiger partial charge is 0.119 e. The molecule has 0 fully saturated rings. The molecule has 0 aliphatic carbocycles. The first-order valence-electron chi connectivity index (χ1n) is 3.38. The van der Waals surface area contributed by atoms with Crippen LogP contribution in [0.15, 0.2) is 10.3 Å². The fourth-order valence-corrected chi connectivity index (χ4v) is 3.20. The van der Waals surface area contributed by atoms with Crippen molar-refractivity contribution < 1.29 is 0 Å². The minimum Gasteiger partial charge on any atom is -0.119 e. The standard InChI is InChI=1S/C7H12S2/c1-3-6-5-8-7(4-2)9-6/h5,7H,3-4H2,1-2H3. The maximum Gasteiger partial charge on any atom is 0.0585 e. The number of thioether (sulfide) groups is 2. The summed E-state index contributed by atoms with van der Waals surface area (Å²) >= 11 is 4.01. The normalized spacial score (nSPS) is 26.4. The Balaban J connectivity index is 2.31. The molecular weight excluding hydrogens is 148 g/mol. The van der Waals surface area contributed by atoms with E-state index in [4.69, 9.17) is 0 Å². The van der Waals surface area contributed by atoms with Gasteiger partial charge in [0.25, 0.3) is 0 Å². The number of hydrogen-bond donors (Lipinski definition) is 0. The molecule has 0 aromatic rings. The van der Waals surface area contributed by atoms with E-state index in [2.05, 4.69) is 19.3 Å². The van der Waals surface area contributed by atoms with Crippen molar-refractivity contribution in [1.82, 2.24) is 0 Å². The Labute approximate surface area is 65.5 Å². The van der Waals surface area contributed by atoms with Crippen LogP contribution in [0.4, 0.5) is 0 Å². The lowest BCUT2D eigenvalue weighted by Crippen LogP contribution is -1.85. The molecule has 1 aliphatic heterocycles. The van der Waals surface area contributed by atoms with Crippen molar-refractivity contribution in [3.63, 3.8) is 0 Å². The number of hydrogen-bond acceptors (Lipinski definition) is 2. The molecule has 0 saturated carbocycles. The van der Waals surface area contributed by atoms with Gasteiger partial charge in [-0.05, 0) is 23.2 Å². The highest BCUT2D eigenvalue weighted by atomic mass is 32.2. The highest BCUT2D eigenvalue weighted by Crippen LogP contribution is 2.42. The summed E-state index contributed by atoms with van der Waals surface area (Å²) in [7, 11) is 0. The van der Waals surface area contributed by atoms with Crippen molar-refractivity contribution in [3.8, 4) is 0 Å². The van der Waals surface area contributed by atoms with Crippen LogP contribution in [0.1, 0.15) is 26.7 Å². The number of rotatable bonds is 2. The molecule has 1 rings (SSSR count). The van der Waals surface area contributed by atoms with Gasteiger partial charge in [0.05, 0.1) is 4.58 Å². The molecule has 0 nitrogen and oxygen atoms in total. The van der Waals surface area contributed by atoms with E-state index in [0.717, 1.165) is 4.58 Å². The maximum atomic E-state index is 2.30. The Bertz CT molecular complexity index is 118. The van der Waals surface area contributed by atoms with E-state index in [0.29, 0.717) is 0 Å². The Morgan fingerprint density at radius 2 is 2.33 bits per heavy atom. The van der Waals surface area contributed by atoms with Gasteiger partial charge in [0.1, 0.15) is 0 Å². The van der Waals surface area contributed by atoms with Crippen LogP contribution in [0.2, 0.25) is 0 Å². The smallest absolute Gasteiger partial charge is 0.0585 e.